The van der Waals surface area contributed by atoms with Gasteiger partial charge in [0.15, 0.2) is 0 Å². The first kappa shape index (κ1) is 14.6. The fourth-order valence-corrected chi connectivity index (χ4v) is 4.51. The summed E-state index contributed by atoms with van der Waals surface area (Å²) >= 11 is 4.67. The van der Waals surface area contributed by atoms with Gasteiger partial charge in [0.2, 0.25) is 0 Å². The lowest BCUT2D eigenvalue weighted by atomic mass is 10.2. The zero-order valence-electron chi connectivity index (χ0n) is 10.4. The molecule has 1 aromatic heterocycles. The number of halogens is 1. The second kappa shape index (κ2) is 6.07. The maximum Gasteiger partial charge on any atom is 0.271 e. The quantitative estimate of drug-likeness (QED) is 0.819. The monoisotopic (exact) mass is 359 g/mol. The molecule has 2 rings (SSSR count). The minimum atomic E-state index is -3.49. The van der Waals surface area contributed by atoms with Gasteiger partial charge in [-0.2, -0.15) is 0 Å². The molecule has 0 bridgehead atoms. The van der Waals surface area contributed by atoms with E-state index in [-0.39, 0.29) is 0 Å². The van der Waals surface area contributed by atoms with Gasteiger partial charge in [-0.1, -0.05) is 41.1 Å². The topological polar surface area (TPSA) is 46.2 Å². The van der Waals surface area contributed by atoms with Crippen molar-refractivity contribution in [2.45, 2.75) is 22.9 Å². The van der Waals surface area contributed by atoms with Gasteiger partial charge in [0.05, 0.1) is 5.69 Å². The van der Waals surface area contributed by atoms with Crippen LogP contribution in [-0.2, 0) is 21.8 Å². The van der Waals surface area contributed by atoms with Crippen LogP contribution in [0.3, 0.4) is 0 Å². The number of benzene rings is 1. The first-order valence-electron chi connectivity index (χ1n) is 5.82. The van der Waals surface area contributed by atoms with E-state index in [9.17, 15) is 8.42 Å². The molecular weight excluding hydrogens is 346 g/mol. The average molecular weight is 360 g/mol. The molecule has 0 unspecified atom stereocenters. The van der Waals surface area contributed by atoms with Crippen LogP contribution in [0.15, 0.2) is 40.6 Å². The number of para-hydroxylation sites is 1. The molecule has 3 nitrogen and oxygen atoms in total. The molecule has 1 N–H and O–H groups in total. The number of alkyl halides is 1. The fraction of sp³-hybridized carbons (Fsp3) is 0.231. The van der Waals surface area contributed by atoms with Gasteiger partial charge in [-0.3, -0.25) is 4.72 Å². The summed E-state index contributed by atoms with van der Waals surface area (Å²) in [6, 6.07) is 10.9. The molecule has 2 aromatic rings. The largest absolute Gasteiger partial charge is 0.279 e. The van der Waals surface area contributed by atoms with Gasteiger partial charge in [0.25, 0.3) is 10.0 Å². The maximum absolute atomic E-state index is 12.3. The van der Waals surface area contributed by atoms with Crippen LogP contribution in [0.2, 0.25) is 0 Å². The third-order valence-corrected chi connectivity index (χ3v) is 6.35. The molecule has 0 fully saturated rings. The van der Waals surface area contributed by atoms with Gasteiger partial charge < -0.3 is 0 Å². The van der Waals surface area contributed by atoms with Gasteiger partial charge in [-0.15, -0.1) is 11.3 Å². The molecule has 102 valence electrons. The van der Waals surface area contributed by atoms with E-state index < -0.39 is 10.0 Å². The average Bonchev–Trinajstić information content (AvgIpc) is 2.88. The number of hydrogen-bond acceptors (Lipinski definition) is 3. The Morgan fingerprint density at radius 1 is 1.21 bits per heavy atom. The second-order valence-electron chi connectivity index (χ2n) is 3.97. The van der Waals surface area contributed by atoms with E-state index in [0.717, 1.165) is 16.9 Å². The number of hydrogen-bond donors (Lipinski definition) is 1. The molecule has 1 aromatic carbocycles. The van der Waals surface area contributed by atoms with Gasteiger partial charge in [-0.05, 0) is 30.2 Å². The molecule has 1 heterocycles. The SMILES string of the molecule is CCc1ccc(S(=O)(=O)Nc2ccccc2CBr)s1. The molecule has 0 aliphatic heterocycles. The van der Waals surface area contributed by atoms with Crippen molar-refractivity contribution in [1.82, 2.24) is 0 Å². The molecule has 0 spiro atoms. The van der Waals surface area contributed by atoms with Crippen LogP contribution in [0.5, 0.6) is 0 Å². The Morgan fingerprint density at radius 3 is 2.58 bits per heavy atom. The Bertz CT molecular complexity index is 665. The van der Waals surface area contributed by atoms with Crippen LogP contribution >= 0.6 is 27.3 Å². The van der Waals surface area contributed by atoms with Crippen molar-refractivity contribution in [1.29, 1.82) is 0 Å². The Balaban J connectivity index is 2.31. The fourth-order valence-electron chi connectivity index (χ4n) is 1.62. The summed E-state index contributed by atoms with van der Waals surface area (Å²) in [6.45, 7) is 2.01. The summed E-state index contributed by atoms with van der Waals surface area (Å²) in [5.41, 5.74) is 1.53. The number of aryl methyl sites for hydroxylation is 1. The zero-order chi connectivity index (χ0) is 13.9. The van der Waals surface area contributed by atoms with E-state index in [1.165, 1.54) is 11.3 Å². The zero-order valence-corrected chi connectivity index (χ0v) is 13.6. The number of sulfonamides is 1. The van der Waals surface area contributed by atoms with Gasteiger partial charge in [0.1, 0.15) is 4.21 Å². The highest BCUT2D eigenvalue weighted by atomic mass is 79.9. The van der Waals surface area contributed by atoms with Crippen LogP contribution in [0.4, 0.5) is 5.69 Å². The van der Waals surface area contributed by atoms with Crippen molar-refractivity contribution in [3.05, 3.63) is 46.8 Å². The minimum absolute atomic E-state index is 0.355. The summed E-state index contributed by atoms with van der Waals surface area (Å²) in [5, 5.41) is 0.607. The normalized spacial score (nSPS) is 11.5. The van der Waals surface area contributed by atoms with E-state index in [0.29, 0.717) is 15.2 Å². The molecule has 0 saturated carbocycles. The number of nitrogens with one attached hydrogen (secondary N) is 1. The number of rotatable bonds is 5. The Hall–Kier alpha value is -0.850. The van der Waals surface area contributed by atoms with Crippen molar-refractivity contribution >= 4 is 43.0 Å². The lowest BCUT2D eigenvalue weighted by molar-refractivity contribution is 0.603. The third kappa shape index (κ3) is 3.38. The summed E-state index contributed by atoms with van der Waals surface area (Å²) in [4.78, 5) is 1.06. The lowest BCUT2D eigenvalue weighted by Gasteiger charge is -2.09. The van der Waals surface area contributed by atoms with Crippen LogP contribution < -0.4 is 4.72 Å². The van der Waals surface area contributed by atoms with E-state index in [1.54, 1.807) is 12.1 Å². The molecule has 6 heteroatoms. The first-order valence-corrected chi connectivity index (χ1v) is 9.24. The summed E-state index contributed by atoms with van der Waals surface area (Å²) in [5.74, 6) is 0. The second-order valence-corrected chi connectivity index (χ2v) is 7.61. The van der Waals surface area contributed by atoms with E-state index in [2.05, 4.69) is 20.7 Å². The number of thiophene rings is 1. The van der Waals surface area contributed by atoms with Crippen LogP contribution in [0.25, 0.3) is 0 Å². The van der Waals surface area contributed by atoms with Crippen LogP contribution in [0.1, 0.15) is 17.4 Å². The van der Waals surface area contributed by atoms with Gasteiger partial charge >= 0.3 is 0 Å². The molecule has 0 atom stereocenters. The smallest absolute Gasteiger partial charge is 0.271 e. The summed E-state index contributed by atoms with van der Waals surface area (Å²) in [6.07, 6.45) is 0.845. The molecule has 0 aliphatic carbocycles. The van der Waals surface area contributed by atoms with Crippen molar-refractivity contribution in [2.75, 3.05) is 4.72 Å². The summed E-state index contributed by atoms with van der Waals surface area (Å²) in [7, 11) is -3.49. The van der Waals surface area contributed by atoms with E-state index in [4.69, 9.17) is 0 Å². The third-order valence-electron chi connectivity index (χ3n) is 2.66. The maximum atomic E-state index is 12.3. The highest BCUT2D eigenvalue weighted by molar-refractivity contribution is 9.08. The van der Waals surface area contributed by atoms with Gasteiger partial charge in [0, 0.05) is 10.2 Å². The van der Waals surface area contributed by atoms with Crippen molar-refractivity contribution in [2.24, 2.45) is 0 Å². The predicted molar refractivity (Wildman–Crippen MR) is 83.6 cm³/mol. The highest BCUT2D eigenvalue weighted by Gasteiger charge is 2.17. The van der Waals surface area contributed by atoms with E-state index >= 15 is 0 Å². The number of anilines is 1. The first-order chi connectivity index (χ1) is 9.06. The Labute approximate surface area is 125 Å². The molecule has 19 heavy (non-hydrogen) atoms. The summed E-state index contributed by atoms with van der Waals surface area (Å²) < 4.78 is 27.6. The Morgan fingerprint density at radius 2 is 1.95 bits per heavy atom. The Kier molecular flexibility index (Phi) is 4.65. The van der Waals surface area contributed by atoms with Gasteiger partial charge in [-0.25, -0.2) is 8.42 Å². The molecule has 0 aliphatic rings. The molecule has 0 radical (unpaired) electrons. The molecular formula is C13H14BrNO2S2. The molecule has 0 saturated heterocycles. The van der Waals surface area contributed by atoms with Crippen molar-refractivity contribution in [3.8, 4) is 0 Å². The highest BCUT2D eigenvalue weighted by Crippen LogP contribution is 2.26. The van der Waals surface area contributed by atoms with Crippen LogP contribution in [-0.4, -0.2) is 8.42 Å². The van der Waals surface area contributed by atoms with E-state index in [1.807, 2.05) is 31.2 Å². The molecule has 0 amide bonds. The predicted octanol–water partition coefficient (Wildman–Crippen LogP) is 4.01. The van der Waals surface area contributed by atoms with Crippen molar-refractivity contribution in [3.63, 3.8) is 0 Å². The van der Waals surface area contributed by atoms with Crippen molar-refractivity contribution < 1.29 is 8.42 Å². The minimum Gasteiger partial charge on any atom is -0.279 e. The lowest BCUT2D eigenvalue weighted by Crippen LogP contribution is -2.12. The van der Waals surface area contributed by atoms with Crippen LogP contribution in [0, 0.1) is 0 Å². The standard InChI is InChI=1S/C13H14BrNO2S2/c1-2-11-7-8-13(18-11)19(16,17)15-12-6-4-3-5-10(12)9-14/h3-8,15H,2,9H2,1H3.